The monoisotopic (exact) mass is 422 g/mol. The van der Waals surface area contributed by atoms with Gasteiger partial charge in [-0.15, -0.1) is 0 Å². The van der Waals surface area contributed by atoms with Crippen LogP contribution in [0, 0.1) is 5.82 Å². The normalized spacial score (nSPS) is 16.2. The molecule has 1 atom stereocenters. The van der Waals surface area contributed by atoms with E-state index in [-0.39, 0.29) is 17.8 Å². The van der Waals surface area contributed by atoms with E-state index in [0.29, 0.717) is 42.6 Å². The zero-order valence-corrected chi connectivity index (χ0v) is 17.4. The number of nitrogens with zero attached hydrogens (tertiary/aromatic N) is 4. The maximum Gasteiger partial charge on any atom is 0.254 e. The van der Waals surface area contributed by atoms with Gasteiger partial charge in [-0.25, -0.2) is 14.4 Å². The van der Waals surface area contributed by atoms with Gasteiger partial charge < -0.3 is 19.3 Å². The van der Waals surface area contributed by atoms with Crippen LogP contribution in [-0.2, 0) is 0 Å². The average molecular weight is 422 g/mol. The number of carbonyl (C=O) groups is 1. The lowest BCUT2D eigenvalue weighted by Crippen LogP contribution is -2.54. The van der Waals surface area contributed by atoms with Gasteiger partial charge in [0.25, 0.3) is 5.91 Å². The molecule has 0 radical (unpaired) electrons. The van der Waals surface area contributed by atoms with Crippen molar-refractivity contribution in [1.82, 2.24) is 14.9 Å². The molecule has 1 aromatic heterocycles. The van der Waals surface area contributed by atoms with E-state index in [2.05, 4.69) is 14.9 Å². The summed E-state index contributed by atoms with van der Waals surface area (Å²) in [7, 11) is 1.59. The Labute approximate surface area is 180 Å². The maximum absolute atomic E-state index is 13.2. The molecule has 0 N–H and O–H groups in total. The summed E-state index contributed by atoms with van der Waals surface area (Å²) in [6.07, 6.45) is 1.46. The van der Waals surface area contributed by atoms with Crippen LogP contribution >= 0.6 is 0 Å². The first-order valence-corrected chi connectivity index (χ1v) is 9.99. The molecule has 4 rings (SSSR count). The molecule has 1 aliphatic rings. The number of ether oxygens (including phenoxy) is 2. The molecule has 1 fully saturated rings. The number of para-hydroxylation sites is 2. The van der Waals surface area contributed by atoms with Crippen LogP contribution in [0.4, 0.5) is 10.2 Å². The van der Waals surface area contributed by atoms with E-state index in [4.69, 9.17) is 9.47 Å². The predicted octanol–water partition coefficient (Wildman–Crippen LogP) is 3.77. The van der Waals surface area contributed by atoms with Crippen molar-refractivity contribution in [2.45, 2.75) is 13.0 Å². The van der Waals surface area contributed by atoms with Crippen molar-refractivity contribution in [3.63, 3.8) is 0 Å². The van der Waals surface area contributed by atoms with Gasteiger partial charge in [0, 0.05) is 37.3 Å². The lowest BCUT2D eigenvalue weighted by Gasteiger charge is -2.40. The first-order valence-electron chi connectivity index (χ1n) is 9.99. The summed E-state index contributed by atoms with van der Waals surface area (Å²) in [6.45, 7) is 3.74. The van der Waals surface area contributed by atoms with Crippen LogP contribution in [-0.4, -0.2) is 53.6 Å². The molecule has 160 valence electrons. The lowest BCUT2D eigenvalue weighted by atomic mass is 10.1. The van der Waals surface area contributed by atoms with Crippen molar-refractivity contribution in [2.24, 2.45) is 0 Å². The number of piperazine rings is 1. The van der Waals surface area contributed by atoms with Crippen LogP contribution in [0.2, 0.25) is 0 Å². The summed E-state index contributed by atoms with van der Waals surface area (Å²) in [5.74, 6) is 1.86. The van der Waals surface area contributed by atoms with Crippen LogP contribution in [0.25, 0.3) is 0 Å². The number of halogens is 1. The SMILES string of the molecule is COc1ccccc1Oc1cc(N2CCN(C(=O)c3ccc(F)cc3)C(C)C2)ncn1. The highest BCUT2D eigenvalue weighted by Crippen LogP contribution is 2.31. The minimum Gasteiger partial charge on any atom is -0.493 e. The van der Waals surface area contributed by atoms with Gasteiger partial charge in [0.1, 0.15) is 18.0 Å². The number of anilines is 1. The maximum atomic E-state index is 13.2. The van der Waals surface area contributed by atoms with E-state index < -0.39 is 0 Å². The van der Waals surface area contributed by atoms with E-state index in [1.165, 1.54) is 30.6 Å². The fraction of sp³-hybridized carbons (Fsp3) is 0.261. The fourth-order valence-corrected chi connectivity index (χ4v) is 3.60. The molecule has 0 saturated carbocycles. The third kappa shape index (κ3) is 4.58. The summed E-state index contributed by atoms with van der Waals surface area (Å²) < 4.78 is 24.4. The van der Waals surface area contributed by atoms with Gasteiger partial charge in [0.15, 0.2) is 11.5 Å². The van der Waals surface area contributed by atoms with Crippen LogP contribution in [0.1, 0.15) is 17.3 Å². The molecule has 7 nitrogen and oxygen atoms in total. The van der Waals surface area contributed by atoms with Gasteiger partial charge in [-0.3, -0.25) is 4.79 Å². The second-order valence-corrected chi connectivity index (χ2v) is 7.27. The molecule has 1 amide bonds. The van der Waals surface area contributed by atoms with Crippen LogP contribution in [0.15, 0.2) is 60.9 Å². The minimum atomic E-state index is -0.357. The van der Waals surface area contributed by atoms with E-state index in [1.54, 1.807) is 18.1 Å². The Hall–Kier alpha value is -3.68. The molecule has 1 unspecified atom stereocenters. The molecule has 2 aromatic carbocycles. The number of amides is 1. The minimum absolute atomic E-state index is 0.0418. The lowest BCUT2D eigenvalue weighted by molar-refractivity contribution is 0.0673. The molecule has 2 heterocycles. The van der Waals surface area contributed by atoms with Crippen LogP contribution < -0.4 is 14.4 Å². The molecule has 0 spiro atoms. The molecule has 1 saturated heterocycles. The van der Waals surface area contributed by atoms with Crippen molar-refractivity contribution in [2.75, 3.05) is 31.6 Å². The summed E-state index contributed by atoms with van der Waals surface area (Å²) in [5, 5.41) is 0. The number of methoxy groups -OCH3 is 1. The molecule has 31 heavy (non-hydrogen) atoms. The molecular weight excluding hydrogens is 399 g/mol. The number of benzene rings is 2. The highest BCUT2D eigenvalue weighted by atomic mass is 19.1. The number of rotatable bonds is 5. The number of hydrogen-bond donors (Lipinski definition) is 0. The van der Waals surface area contributed by atoms with Crippen molar-refractivity contribution in [3.05, 3.63) is 72.3 Å². The zero-order chi connectivity index (χ0) is 21.8. The Morgan fingerprint density at radius 1 is 1.06 bits per heavy atom. The Bertz CT molecular complexity index is 1060. The number of carbonyl (C=O) groups excluding carboxylic acids is 1. The molecule has 1 aliphatic heterocycles. The quantitative estimate of drug-likeness (QED) is 0.624. The van der Waals surface area contributed by atoms with Gasteiger partial charge in [-0.2, -0.15) is 0 Å². The third-order valence-electron chi connectivity index (χ3n) is 5.21. The molecule has 3 aromatic rings. The van der Waals surface area contributed by atoms with E-state index in [0.717, 1.165) is 5.82 Å². The van der Waals surface area contributed by atoms with Crippen molar-refractivity contribution in [3.8, 4) is 17.4 Å². The van der Waals surface area contributed by atoms with Crippen molar-refractivity contribution >= 4 is 11.7 Å². The van der Waals surface area contributed by atoms with Crippen LogP contribution in [0.5, 0.6) is 17.4 Å². The van der Waals surface area contributed by atoms with Crippen molar-refractivity contribution < 1.29 is 18.7 Å². The third-order valence-corrected chi connectivity index (χ3v) is 5.21. The Morgan fingerprint density at radius 3 is 2.52 bits per heavy atom. The highest BCUT2D eigenvalue weighted by molar-refractivity contribution is 5.94. The number of hydrogen-bond acceptors (Lipinski definition) is 6. The number of aromatic nitrogens is 2. The van der Waals surface area contributed by atoms with Crippen molar-refractivity contribution in [1.29, 1.82) is 0 Å². The Morgan fingerprint density at radius 2 is 1.81 bits per heavy atom. The van der Waals surface area contributed by atoms with Gasteiger partial charge in [-0.05, 0) is 43.3 Å². The van der Waals surface area contributed by atoms with Crippen LogP contribution in [0.3, 0.4) is 0 Å². The summed E-state index contributed by atoms with van der Waals surface area (Å²) in [6, 6.07) is 14.7. The smallest absolute Gasteiger partial charge is 0.254 e. The second kappa shape index (κ2) is 8.99. The Kier molecular flexibility index (Phi) is 5.97. The summed E-state index contributed by atoms with van der Waals surface area (Å²) >= 11 is 0. The summed E-state index contributed by atoms with van der Waals surface area (Å²) in [4.78, 5) is 25.3. The Balaban J connectivity index is 1.45. The first-order chi connectivity index (χ1) is 15.0. The molecular formula is C23H23FN4O3. The highest BCUT2D eigenvalue weighted by Gasteiger charge is 2.29. The molecule has 8 heteroatoms. The topological polar surface area (TPSA) is 67.8 Å². The van der Waals surface area contributed by atoms with Gasteiger partial charge in [-0.1, -0.05) is 12.1 Å². The van der Waals surface area contributed by atoms with E-state index >= 15 is 0 Å². The molecule has 0 bridgehead atoms. The molecule has 0 aliphatic carbocycles. The standard InChI is InChI=1S/C23H23FN4O3/c1-16-14-27(11-12-28(16)23(29)17-7-9-18(24)10-8-17)21-13-22(26-15-25-21)31-20-6-4-3-5-19(20)30-2/h3-10,13,15-16H,11-12,14H2,1-2H3. The zero-order valence-electron chi connectivity index (χ0n) is 17.4. The second-order valence-electron chi connectivity index (χ2n) is 7.27. The van der Waals surface area contributed by atoms with E-state index in [1.807, 2.05) is 31.2 Å². The first kappa shape index (κ1) is 20.6. The van der Waals surface area contributed by atoms with Gasteiger partial charge in [0.2, 0.25) is 5.88 Å². The van der Waals surface area contributed by atoms with Gasteiger partial charge in [0.05, 0.1) is 7.11 Å². The summed E-state index contributed by atoms with van der Waals surface area (Å²) in [5.41, 5.74) is 0.483. The average Bonchev–Trinajstić information content (AvgIpc) is 2.79. The van der Waals surface area contributed by atoms with Gasteiger partial charge >= 0.3 is 0 Å². The fourth-order valence-electron chi connectivity index (χ4n) is 3.60. The van der Waals surface area contributed by atoms with E-state index in [9.17, 15) is 9.18 Å². The predicted molar refractivity (Wildman–Crippen MR) is 114 cm³/mol. The largest absolute Gasteiger partial charge is 0.493 e.